The van der Waals surface area contributed by atoms with Gasteiger partial charge in [-0.1, -0.05) is 23.7 Å². The van der Waals surface area contributed by atoms with E-state index in [0.29, 0.717) is 39.5 Å². The smallest absolute Gasteiger partial charge is 0.270 e. The van der Waals surface area contributed by atoms with Crippen LogP contribution in [0.5, 0.6) is 23.1 Å². The first kappa shape index (κ1) is 23.4. The van der Waals surface area contributed by atoms with Crippen LogP contribution in [0.15, 0.2) is 60.8 Å². The Bertz CT molecular complexity index is 1210. The van der Waals surface area contributed by atoms with Crippen molar-refractivity contribution >= 4 is 34.8 Å². The molecule has 3 aromatic rings. The molecule has 1 aliphatic rings. The predicted molar refractivity (Wildman–Crippen MR) is 129 cm³/mol. The number of hydrogen-bond acceptors (Lipinski definition) is 6. The molecule has 0 spiro atoms. The maximum absolute atomic E-state index is 12.9. The number of para-hydroxylation sites is 2. The monoisotopic (exact) mass is 481 g/mol. The van der Waals surface area contributed by atoms with Gasteiger partial charge in [0, 0.05) is 24.1 Å². The van der Waals surface area contributed by atoms with Crippen LogP contribution in [0.2, 0.25) is 5.02 Å². The molecular formula is C25H24ClN3O5. The normalized spacial score (nSPS) is 14.1. The zero-order valence-corrected chi connectivity index (χ0v) is 19.8. The van der Waals surface area contributed by atoms with Gasteiger partial charge in [0.2, 0.25) is 11.8 Å². The fraction of sp³-hybridized carbons (Fsp3) is 0.240. The molecule has 9 heteroatoms. The number of fused-ring (bicyclic) bond motifs is 1. The summed E-state index contributed by atoms with van der Waals surface area (Å²) in [5.41, 5.74) is 0.0111. The molecule has 4 rings (SSSR count). The zero-order valence-electron chi connectivity index (χ0n) is 19.0. The van der Waals surface area contributed by atoms with E-state index in [9.17, 15) is 9.59 Å². The third-order valence-electron chi connectivity index (χ3n) is 5.20. The minimum atomic E-state index is -1.04. The third-order valence-corrected chi connectivity index (χ3v) is 5.44. The molecule has 176 valence electrons. The number of amides is 2. The molecule has 0 saturated carbocycles. The quantitative estimate of drug-likeness (QED) is 0.506. The van der Waals surface area contributed by atoms with E-state index in [0.717, 1.165) is 0 Å². The van der Waals surface area contributed by atoms with Crippen LogP contribution in [0.1, 0.15) is 20.3 Å². The average molecular weight is 482 g/mol. The predicted octanol–water partition coefficient (Wildman–Crippen LogP) is 5.07. The number of carbonyl (C=O) groups is 2. The topological polar surface area (TPSA) is 90.0 Å². The van der Waals surface area contributed by atoms with Crippen molar-refractivity contribution in [3.05, 3.63) is 65.8 Å². The van der Waals surface area contributed by atoms with Gasteiger partial charge in [-0.05, 0) is 50.2 Å². The van der Waals surface area contributed by atoms with Crippen LogP contribution in [0.25, 0.3) is 0 Å². The highest BCUT2D eigenvalue weighted by Crippen LogP contribution is 2.39. The van der Waals surface area contributed by atoms with Gasteiger partial charge < -0.3 is 24.4 Å². The summed E-state index contributed by atoms with van der Waals surface area (Å²) in [7, 11) is 1.56. The number of halogens is 1. The number of carbonyl (C=O) groups excluding carboxylic acids is 2. The highest BCUT2D eigenvalue weighted by molar-refractivity contribution is 6.31. The van der Waals surface area contributed by atoms with Crippen molar-refractivity contribution in [3.63, 3.8) is 0 Å². The van der Waals surface area contributed by atoms with Crippen LogP contribution >= 0.6 is 11.6 Å². The summed E-state index contributed by atoms with van der Waals surface area (Å²) in [4.78, 5) is 31.3. The molecule has 1 N–H and O–H groups in total. The summed E-state index contributed by atoms with van der Waals surface area (Å²) in [6.45, 7) is 3.56. The van der Waals surface area contributed by atoms with E-state index >= 15 is 0 Å². The lowest BCUT2D eigenvalue weighted by Crippen LogP contribution is -2.53. The van der Waals surface area contributed by atoms with Gasteiger partial charge in [-0.25, -0.2) is 4.98 Å². The first-order valence-electron chi connectivity index (χ1n) is 10.6. The Hall–Kier alpha value is -3.78. The Morgan fingerprint density at radius 1 is 1.15 bits per heavy atom. The molecule has 2 aromatic carbocycles. The number of methoxy groups -OCH3 is 1. The van der Waals surface area contributed by atoms with Gasteiger partial charge in [0.1, 0.15) is 5.75 Å². The van der Waals surface area contributed by atoms with Crippen LogP contribution in [0, 0.1) is 0 Å². The van der Waals surface area contributed by atoms with Crippen molar-refractivity contribution in [1.29, 1.82) is 0 Å². The molecule has 0 bridgehead atoms. The van der Waals surface area contributed by atoms with Crippen LogP contribution in [0.3, 0.4) is 0 Å². The Kier molecular flexibility index (Phi) is 6.61. The summed E-state index contributed by atoms with van der Waals surface area (Å²) < 4.78 is 16.8. The number of nitrogens with zero attached hydrogens (tertiary/aromatic N) is 2. The second-order valence-electron chi connectivity index (χ2n) is 8.12. The molecule has 8 nitrogen and oxygen atoms in total. The lowest BCUT2D eigenvalue weighted by atomic mass is 10.0. The lowest BCUT2D eigenvalue weighted by Gasteiger charge is -2.38. The molecule has 2 amide bonds. The van der Waals surface area contributed by atoms with Crippen LogP contribution in [-0.4, -0.2) is 36.1 Å². The largest absolute Gasteiger partial charge is 0.493 e. The fourth-order valence-electron chi connectivity index (χ4n) is 3.53. The lowest BCUT2D eigenvalue weighted by molar-refractivity contribution is -0.132. The number of nitrogens with one attached hydrogen (secondary N) is 1. The molecule has 0 aliphatic carbocycles. The maximum Gasteiger partial charge on any atom is 0.270 e. The second-order valence-corrected chi connectivity index (χ2v) is 8.55. The van der Waals surface area contributed by atoms with E-state index in [1.54, 1.807) is 63.4 Å². The Balaban J connectivity index is 1.39. The zero-order chi connectivity index (χ0) is 24.3. The molecule has 0 radical (unpaired) electrons. The number of pyridine rings is 1. The minimum absolute atomic E-state index is 0.0766. The maximum atomic E-state index is 12.9. The highest BCUT2D eigenvalue weighted by atomic mass is 35.5. The summed E-state index contributed by atoms with van der Waals surface area (Å²) >= 11 is 6.11. The van der Waals surface area contributed by atoms with Gasteiger partial charge in [0.15, 0.2) is 17.1 Å². The van der Waals surface area contributed by atoms with Crippen LogP contribution < -0.4 is 24.4 Å². The molecule has 0 fully saturated rings. The van der Waals surface area contributed by atoms with Crippen LogP contribution in [0.4, 0.5) is 11.4 Å². The fourth-order valence-corrected chi connectivity index (χ4v) is 3.70. The van der Waals surface area contributed by atoms with Gasteiger partial charge >= 0.3 is 0 Å². The SMILES string of the molecule is COc1ccccc1Oc1ccc(NC(=O)CCN2C(=O)C(C)(C)Oc3ccc(Cl)cc32)cn1. The van der Waals surface area contributed by atoms with Gasteiger partial charge in [-0.3, -0.25) is 9.59 Å². The summed E-state index contributed by atoms with van der Waals surface area (Å²) in [5, 5.41) is 3.27. The van der Waals surface area contributed by atoms with Gasteiger partial charge in [-0.2, -0.15) is 0 Å². The highest BCUT2D eigenvalue weighted by Gasteiger charge is 2.40. The molecule has 0 atom stereocenters. The van der Waals surface area contributed by atoms with E-state index < -0.39 is 5.60 Å². The third kappa shape index (κ3) is 5.07. The Morgan fingerprint density at radius 2 is 1.91 bits per heavy atom. The number of benzene rings is 2. The number of aromatic nitrogens is 1. The number of ether oxygens (including phenoxy) is 3. The van der Waals surface area contributed by atoms with E-state index in [4.69, 9.17) is 25.8 Å². The molecule has 2 heterocycles. The van der Waals surface area contributed by atoms with Crippen molar-refractivity contribution < 1.29 is 23.8 Å². The Labute approximate surface area is 202 Å². The van der Waals surface area contributed by atoms with E-state index in [1.165, 1.54) is 11.1 Å². The number of hydrogen-bond donors (Lipinski definition) is 1. The molecule has 34 heavy (non-hydrogen) atoms. The number of rotatable bonds is 7. The van der Waals surface area contributed by atoms with Gasteiger partial charge in [-0.15, -0.1) is 0 Å². The Morgan fingerprint density at radius 3 is 2.62 bits per heavy atom. The molecule has 0 unspecified atom stereocenters. The van der Waals surface area contributed by atoms with E-state index in [2.05, 4.69) is 10.3 Å². The van der Waals surface area contributed by atoms with Gasteiger partial charge in [0.05, 0.1) is 24.7 Å². The van der Waals surface area contributed by atoms with Crippen molar-refractivity contribution in [3.8, 4) is 23.1 Å². The molecule has 0 saturated heterocycles. The van der Waals surface area contributed by atoms with Crippen molar-refractivity contribution in [2.75, 3.05) is 23.9 Å². The van der Waals surface area contributed by atoms with Crippen molar-refractivity contribution in [1.82, 2.24) is 4.98 Å². The van der Waals surface area contributed by atoms with E-state index in [1.807, 2.05) is 12.1 Å². The van der Waals surface area contributed by atoms with Crippen molar-refractivity contribution in [2.24, 2.45) is 0 Å². The first-order chi connectivity index (χ1) is 16.3. The van der Waals surface area contributed by atoms with Gasteiger partial charge in [0.25, 0.3) is 5.91 Å². The summed E-state index contributed by atoms with van der Waals surface area (Å²) in [6.07, 6.45) is 1.58. The minimum Gasteiger partial charge on any atom is -0.493 e. The summed E-state index contributed by atoms with van der Waals surface area (Å²) in [6, 6.07) is 15.7. The van der Waals surface area contributed by atoms with Crippen molar-refractivity contribution in [2.45, 2.75) is 25.9 Å². The molecular weight excluding hydrogens is 458 g/mol. The average Bonchev–Trinajstić information content (AvgIpc) is 2.81. The first-order valence-corrected chi connectivity index (χ1v) is 11.0. The second kappa shape index (κ2) is 9.61. The molecule has 1 aliphatic heterocycles. The molecule has 1 aromatic heterocycles. The van der Waals surface area contributed by atoms with Crippen LogP contribution in [-0.2, 0) is 9.59 Å². The van der Waals surface area contributed by atoms with E-state index in [-0.39, 0.29) is 24.8 Å². The standard InChI is InChI=1S/C25H24ClN3O5/c1-25(2)24(31)29(18-14-16(26)8-10-19(18)34-25)13-12-22(30)28-17-9-11-23(27-15-17)33-21-7-5-4-6-20(21)32-3/h4-11,14-15H,12-13H2,1-3H3,(H,28,30). The summed E-state index contributed by atoms with van der Waals surface area (Å²) in [5.74, 6) is 1.52. The number of anilines is 2.